The number of hydrogen-bond donors (Lipinski definition) is 0. The van der Waals surface area contributed by atoms with E-state index < -0.39 is 23.8 Å². The molecule has 0 N–H and O–H groups in total. The van der Waals surface area contributed by atoms with E-state index in [4.69, 9.17) is 20.2 Å². The van der Waals surface area contributed by atoms with Gasteiger partial charge in [0, 0.05) is 23.0 Å². The van der Waals surface area contributed by atoms with Gasteiger partial charge in [-0.3, -0.25) is 0 Å². The summed E-state index contributed by atoms with van der Waals surface area (Å²) in [5, 5.41) is 0. The van der Waals surface area contributed by atoms with Gasteiger partial charge in [-0.2, -0.15) is 0 Å². The van der Waals surface area contributed by atoms with Crippen molar-refractivity contribution in [1.82, 2.24) is 0 Å². The lowest BCUT2D eigenvalue weighted by molar-refractivity contribution is 0.379. The van der Waals surface area contributed by atoms with Gasteiger partial charge in [0.2, 0.25) is 0 Å². The average molecular weight is 315 g/mol. The van der Waals surface area contributed by atoms with Crippen LogP contribution in [0.5, 0.6) is 11.5 Å². The fourth-order valence-corrected chi connectivity index (χ4v) is 3.24. The number of hydrogen-bond acceptors (Lipinski definition) is 6. The molecule has 0 aliphatic heterocycles. The number of halogens is 1. The van der Waals surface area contributed by atoms with Gasteiger partial charge < -0.3 is 9.47 Å². The lowest BCUT2D eigenvalue weighted by Crippen LogP contribution is -2.05. The molecule has 0 radical (unpaired) electrons. The monoisotopic (exact) mass is 314 g/mol. The van der Waals surface area contributed by atoms with Crippen molar-refractivity contribution in [3.05, 3.63) is 12.1 Å². The van der Waals surface area contributed by atoms with Crippen molar-refractivity contribution in [2.75, 3.05) is 20.5 Å². The summed E-state index contributed by atoms with van der Waals surface area (Å²) in [6.45, 7) is 0. The van der Waals surface area contributed by atoms with Crippen molar-refractivity contribution in [3.63, 3.8) is 0 Å². The van der Waals surface area contributed by atoms with Crippen LogP contribution in [0.1, 0.15) is 0 Å². The summed E-state index contributed by atoms with van der Waals surface area (Å²) >= 11 is 0. The zero-order chi connectivity index (χ0) is 14.1. The van der Waals surface area contributed by atoms with Crippen molar-refractivity contribution < 1.29 is 26.3 Å². The predicted octanol–water partition coefficient (Wildman–Crippen LogP) is 1.03. The molecule has 0 atom stereocenters. The van der Waals surface area contributed by atoms with E-state index in [0.29, 0.717) is 0 Å². The van der Waals surface area contributed by atoms with Gasteiger partial charge in [0.05, 0.1) is 14.2 Å². The van der Waals surface area contributed by atoms with Crippen LogP contribution in [0.3, 0.4) is 0 Å². The standard InChI is InChI=1S/C9H11ClO6S2/c1-15-6-4-7(16-2)9(18(10,13)14)5-8(6)17(3,11)12/h4-5H,1-3H3. The number of sulfone groups is 1. The smallest absolute Gasteiger partial charge is 0.265 e. The Bertz CT molecular complexity index is 607. The zero-order valence-corrected chi connectivity index (χ0v) is 12.2. The molecule has 0 amide bonds. The van der Waals surface area contributed by atoms with Gasteiger partial charge in [0.1, 0.15) is 21.3 Å². The molecule has 18 heavy (non-hydrogen) atoms. The molecule has 0 unspecified atom stereocenters. The van der Waals surface area contributed by atoms with E-state index in [-0.39, 0.29) is 16.4 Å². The van der Waals surface area contributed by atoms with Crippen molar-refractivity contribution in [2.24, 2.45) is 0 Å². The van der Waals surface area contributed by atoms with Crippen LogP contribution < -0.4 is 9.47 Å². The van der Waals surface area contributed by atoms with Gasteiger partial charge >= 0.3 is 0 Å². The van der Waals surface area contributed by atoms with E-state index in [9.17, 15) is 16.8 Å². The third-order valence-electron chi connectivity index (χ3n) is 2.11. The van der Waals surface area contributed by atoms with Crippen molar-refractivity contribution in [1.29, 1.82) is 0 Å². The fourth-order valence-electron chi connectivity index (χ4n) is 1.32. The number of rotatable bonds is 4. The average Bonchev–Trinajstić information content (AvgIpc) is 2.24. The molecule has 1 aromatic rings. The van der Waals surface area contributed by atoms with Gasteiger partial charge in [-0.1, -0.05) is 0 Å². The maximum Gasteiger partial charge on any atom is 0.265 e. The maximum atomic E-state index is 11.5. The molecule has 6 nitrogen and oxygen atoms in total. The molecule has 0 aliphatic carbocycles. The largest absolute Gasteiger partial charge is 0.495 e. The van der Waals surface area contributed by atoms with Gasteiger partial charge in [-0.25, -0.2) is 16.8 Å². The second-order valence-electron chi connectivity index (χ2n) is 3.36. The van der Waals surface area contributed by atoms with E-state index in [0.717, 1.165) is 18.4 Å². The van der Waals surface area contributed by atoms with E-state index in [1.807, 2.05) is 0 Å². The zero-order valence-electron chi connectivity index (χ0n) is 9.80. The van der Waals surface area contributed by atoms with Crippen LogP contribution in [0.2, 0.25) is 0 Å². The Morgan fingerprint density at radius 1 is 0.944 bits per heavy atom. The summed E-state index contributed by atoms with van der Waals surface area (Å²) in [6.07, 6.45) is 0.933. The highest BCUT2D eigenvalue weighted by Gasteiger charge is 2.24. The summed E-state index contributed by atoms with van der Waals surface area (Å²) in [4.78, 5) is -0.696. The van der Waals surface area contributed by atoms with Crippen LogP contribution in [0, 0.1) is 0 Å². The molecular weight excluding hydrogens is 304 g/mol. The first-order chi connectivity index (χ1) is 8.11. The Labute approximate surface area is 110 Å². The predicted molar refractivity (Wildman–Crippen MR) is 65.7 cm³/mol. The first kappa shape index (κ1) is 15.1. The summed E-state index contributed by atoms with van der Waals surface area (Å²) in [7, 11) is -0.0677. The third-order valence-corrected chi connectivity index (χ3v) is 4.57. The van der Waals surface area contributed by atoms with Crippen LogP contribution >= 0.6 is 10.7 Å². The Morgan fingerprint density at radius 3 is 1.72 bits per heavy atom. The van der Waals surface area contributed by atoms with Gasteiger partial charge in [0.15, 0.2) is 9.84 Å². The minimum Gasteiger partial charge on any atom is -0.495 e. The van der Waals surface area contributed by atoms with Crippen LogP contribution in [0.15, 0.2) is 21.9 Å². The summed E-state index contributed by atoms with van der Waals surface area (Å²) in [5.41, 5.74) is 0. The quantitative estimate of drug-likeness (QED) is 0.772. The first-order valence-corrected chi connectivity index (χ1v) is 8.72. The molecule has 1 rings (SSSR count). The number of ether oxygens (including phenoxy) is 2. The Kier molecular flexibility index (Phi) is 4.14. The van der Waals surface area contributed by atoms with E-state index in [1.165, 1.54) is 14.2 Å². The Balaban J connectivity index is 3.76. The minimum atomic E-state index is -4.13. The highest BCUT2D eigenvalue weighted by molar-refractivity contribution is 8.13. The van der Waals surface area contributed by atoms with Crippen molar-refractivity contribution >= 4 is 29.6 Å². The SMILES string of the molecule is COc1cc(OC)c(S(=O)(=O)Cl)cc1S(C)(=O)=O. The topological polar surface area (TPSA) is 86.7 Å². The molecule has 1 aromatic carbocycles. The second kappa shape index (κ2) is 4.94. The van der Waals surface area contributed by atoms with Crippen LogP contribution in [0.25, 0.3) is 0 Å². The second-order valence-corrected chi connectivity index (χ2v) is 7.88. The summed E-state index contributed by atoms with van der Waals surface area (Å²) in [5.74, 6) is -0.104. The lowest BCUT2D eigenvalue weighted by Gasteiger charge is -2.12. The highest BCUT2D eigenvalue weighted by Crippen LogP contribution is 2.36. The van der Waals surface area contributed by atoms with Gasteiger partial charge in [0.25, 0.3) is 9.05 Å². The fraction of sp³-hybridized carbons (Fsp3) is 0.333. The molecule has 0 bridgehead atoms. The molecule has 0 fully saturated rings. The molecule has 0 aromatic heterocycles. The molecule has 0 aliphatic rings. The van der Waals surface area contributed by atoms with Gasteiger partial charge in [-0.05, 0) is 6.07 Å². The van der Waals surface area contributed by atoms with Crippen molar-refractivity contribution in [2.45, 2.75) is 9.79 Å². The third kappa shape index (κ3) is 3.06. The van der Waals surface area contributed by atoms with Gasteiger partial charge in [-0.15, -0.1) is 0 Å². The highest BCUT2D eigenvalue weighted by atomic mass is 35.7. The first-order valence-electron chi connectivity index (χ1n) is 4.52. The summed E-state index contributed by atoms with van der Waals surface area (Å²) in [6, 6.07) is 2.07. The molecule has 102 valence electrons. The van der Waals surface area contributed by atoms with Crippen LogP contribution in [-0.2, 0) is 18.9 Å². The van der Waals surface area contributed by atoms with Crippen LogP contribution in [0.4, 0.5) is 0 Å². The number of methoxy groups -OCH3 is 2. The maximum absolute atomic E-state index is 11.5. The normalized spacial score (nSPS) is 12.2. The minimum absolute atomic E-state index is 0.0154. The van der Waals surface area contributed by atoms with E-state index in [1.54, 1.807) is 0 Å². The molecule has 0 saturated heterocycles. The Morgan fingerprint density at radius 2 is 1.39 bits per heavy atom. The van der Waals surface area contributed by atoms with E-state index in [2.05, 4.69) is 0 Å². The Hall–Kier alpha value is -0.990. The molecule has 0 heterocycles. The van der Waals surface area contributed by atoms with Crippen LogP contribution in [-0.4, -0.2) is 37.3 Å². The molecule has 0 saturated carbocycles. The molecule has 0 spiro atoms. The molecule has 9 heteroatoms. The van der Waals surface area contributed by atoms with Crippen molar-refractivity contribution in [3.8, 4) is 11.5 Å². The van der Waals surface area contributed by atoms with E-state index >= 15 is 0 Å². The summed E-state index contributed by atoms with van der Waals surface area (Å²) < 4.78 is 55.5. The number of benzene rings is 1. The lowest BCUT2D eigenvalue weighted by atomic mass is 10.3. The molecular formula is C9H11ClO6S2.